The molecule has 0 spiro atoms. The molecule has 45 heavy (non-hydrogen) atoms. The number of hydrogen-bond donors (Lipinski definition) is 5. The van der Waals surface area contributed by atoms with E-state index in [1.807, 2.05) is 0 Å². The van der Waals surface area contributed by atoms with Crippen molar-refractivity contribution in [2.45, 2.75) is 49.1 Å². The van der Waals surface area contributed by atoms with Gasteiger partial charge in [0.25, 0.3) is 11.1 Å². The van der Waals surface area contributed by atoms with E-state index in [0.717, 1.165) is 0 Å². The van der Waals surface area contributed by atoms with Crippen molar-refractivity contribution in [3.05, 3.63) is 39.7 Å². The predicted molar refractivity (Wildman–Crippen MR) is 162 cm³/mol. The predicted octanol–water partition coefficient (Wildman–Crippen LogP) is -2.05. The van der Waals surface area contributed by atoms with Crippen molar-refractivity contribution >= 4 is 79.8 Å². The normalized spacial score (nSPS) is 37.6. The van der Waals surface area contributed by atoms with Crippen molar-refractivity contribution in [3.63, 3.8) is 0 Å². The Morgan fingerprint density at radius 1 is 0.867 bits per heavy atom. The van der Waals surface area contributed by atoms with Gasteiger partial charge in [-0.2, -0.15) is 4.98 Å². The number of nitrogen functional groups attached to an aromatic ring is 1. The highest BCUT2D eigenvalue weighted by Gasteiger charge is 2.51. The van der Waals surface area contributed by atoms with Gasteiger partial charge in [0.2, 0.25) is 5.95 Å². The first kappa shape index (κ1) is 31.2. The molecule has 0 bridgehead atoms. The summed E-state index contributed by atoms with van der Waals surface area (Å²) < 4.78 is 38.2. The van der Waals surface area contributed by atoms with Crippen molar-refractivity contribution in [2.75, 3.05) is 18.9 Å². The van der Waals surface area contributed by atoms with E-state index >= 15 is 0 Å². The number of nitrogens with two attached hydrogens (primary N) is 1. The van der Waals surface area contributed by atoms with E-state index in [1.165, 1.54) is 28.1 Å². The summed E-state index contributed by atoms with van der Waals surface area (Å²) in [5, 5.41) is 22.6. The van der Waals surface area contributed by atoms with E-state index in [0.29, 0.717) is 0 Å². The van der Waals surface area contributed by atoms with Crippen molar-refractivity contribution in [2.24, 2.45) is 0 Å². The van der Waals surface area contributed by atoms with E-state index in [9.17, 15) is 19.8 Å². The number of ether oxygens (including phenoxy) is 2. The van der Waals surface area contributed by atoms with Crippen LogP contribution in [-0.2, 0) is 51.2 Å². The van der Waals surface area contributed by atoms with Crippen LogP contribution < -0.4 is 16.9 Å². The number of H-pyrrole nitrogens is 2. The average molecular weight is 695 g/mol. The number of aliphatic hydroxyl groups excluding tert-OH is 2. The van der Waals surface area contributed by atoms with Crippen molar-refractivity contribution in [3.8, 4) is 0 Å². The number of aliphatic hydroxyl groups is 2. The topological polar surface area (TPSA) is 249 Å². The zero-order valence-corrected chi connectivity index (χ0v) is 26.0. The lowest BCUT2D eigenvalue weighted by Gasteiger charge is -2.33. The molecular formula is C20H21B2N9O10P2S2. The number of aromatic nitrogens is 8. The Bertz CT molecular complexity index is 2010. The lowest BCUT2D eigenvalue weighted by Crippen LogP contribution is -2.39. The smallest absolute Gasteiger partial charge is 0.280 e. The van der Waals surface area contributed by atoms with Gasteiger partial charge in [-0.25, -0.2) is 15.0 Å². The lowest BCUT2D eigenvalue weighted by molar-refractivity contribution is -0.0530. The van der Waals surface area contributed by atoms with E-state index in [1.54, 1.807) is 0 Å². The van der Waals surface area contributed by atoms with Gasteiger partial charge in [-0.05, 0) is 23.6 Å². The molecule has 0 aromatic carbocycles. The van der Waals surface area contributed by atoms with Crippen LogP contribution in [0.15, 0.2) is 28.6 Å². The molecule has 4 radical (unpaired) electrons. The maximum absolute atomic E-state index is 12.3. The summed E-state index contributed by atoms with van der Waals surface area (Å²) in [4.78, 5) is 45.5. The van der Waals surface area contributed by atoms with Gasteiger partial charge < -0.3 is 48.5 Å². The highest BCUT2D eigenvalue weighted by atomic mass is 32.5. The molecule has 25 heteroatoms. The Labute approximate surface area is 263 Å². The Kier molecular flexibility index (Phi) is 7.90. The molecule has 3 aliphatic heterocycles. The molecular weight excluding hydrogens is 674 g/mol. The SMILES string of the molecule is [B]P1(=S)OC[C@H]2O[C@@H](n3cnc4c(=O)[nH]cnc43)C(O)[C@H]2OP([B])(=S)OC[C@H]2O[C@@H](n3cnc4c(=O)[nH]c(N)nc43)[C@@H](O)C2O1. The highest BCUT2D eigenvalue weighted by molar-refractivity contribution is 8.21. The molecule has 7 heterocycles. The molecule has 0 amide bonds. The first-order valence-corrected chi connectivity index (χ1v) is 18.5. The summed E-state index contributed by atoms with van der Waals surface area (Å²) in [6.07, 6.45) is -13.5. The van der Waals surface area contributed by atoms with Crippen LogP contribution in [0.2, 0.25) is 0 Å². The molecule has 10 atom stereocenters. The van der Waals surface area contributed by atoms with Crippen molar-refractivity contribution in [1.29, 1.82) is 0 Å². The third-order valence-corrected chi connectivity index (χ3v) is 10.6. The number of imidazole rings is 2. The van der Waals surface area contributed by atoms with Crippen LogP contribution in [0.25, 0.3) is 22.3 Å². The minimum atomic E-state index is -3.66. The fourth-order valence-corrected chi connectivity index (χ4v) is 8.35. The molecule has 4 aromatic rings. The Morgan fingerprint density at radius 3 is 1.93 bits per heavy atom. The second-order valence-electron chi connectivity index (χ2n) is 10.3. The fourth-order valence-electron chi connectivity index (χ4n) is 5.36. The van der Waals surface area contributed by atoms with Crippen LogP contribution in [0.1, 0.15) is 12.5 Å². The molecule has 19 nitrogen and oxygen atoms in total. The summed E-state index contributed by atoms with van der Waals surface area (Å²) in [6, 6.07) is 0. The number of rotatable bonds is 2. The van der Waals surface area contributed by atoms with Gasteiger partial charge in [0, 0.05) is 0 Å². The minimum absolute atomic E-state index is 0.0210. The van der Waals surface area contributed by atoms with Crippen molar-refractivity contribution < 1.29 is 37.8 Å². The van der Waals surface area contributed by atoms with Gasteiger partial charge in [0.05, 0.1) is 32.2 Å². The molecule has 3 aliphatic rings. The quantitative estimate of drug-likeness (QED) is 0.112. The Balaban J connectivity index is 1.17. The first-order chi connectivity index (χ1) is 21.3. The summed E-state index contributed by atoms with van der Waals surface area (Å²) >= 11 is 10.9. The van der Waals surface area contributed by atoms with Crippen LogP contribution in [0.4, 0.5) is 5.95 Å². The summed E-state index contributed by atoms with van der Waals surface area (Å²) in [6.45, 7) is -0.737. The Hall–Kier alpha value is -2.39. The van der Waals surface area contributed by atoms with Gasteiger partial charge in [-0.3, -0.25) is 23.7 Å². The Morgan fingerprint density at radius 2 is 1.38 bits per heavy atom. The number of fused-ring (bicyclic) bond motifs is 4. The molecule has 7 rings (SSSR count). The molecule has 3 saturated heterocycles. The molecule has 234 valence electrons. The van der Waals surface area contributed by atoms with Crippen molar-refractivity contribution in [1.82, 2.24) is 39.0 Å². The van der Waals surface area contributed by atoms with Gasteiger partial charge in [0.1, 0.15) is 49.4 Å². The van der Waals surface area contributed by atoms with E-state index < -0.39 is 72.9 Å². The number of hydrogen-bond acceptors (Lipinski definition) is 17. The average Bonchev–Trinajstić information content (AvgIpc) is 3.72. The zero-order chi connectivity index (χ0) is 31.8. The van der Waals surface area contributed by atoms with E-state index in [-0.39, 0.29) is 41.5 Å². The molecule has 0 aliphatic carbocycles. The number of nitrogens with zero attached hydrogens (tertiary/aromatic N) is 6. The van der Waals surface area contributed by atoms with Crippen LogP contribution in [0, 0.1) is 0 Å². The third kappa shape index (κ3) is 5.64. The lowest BCUT2D eigenvalue weighted by atomic mass is 10.1. The van der Waals surface area contributed by atoms with Crippen LogP contribution >= 0.6 is 12.7 Å². The van der Waals surface area contributed by atoms with Gasteiger partial charge in [-0.1, -0.05) is 0 Å². The standard InChI is InChI=1S/C20H21B2N9O10P2S2/c21-42(44)37-2-7-13(11(33)19(39-7)31-5-27-9-15(31)28-20(23)29-17(9)35)41-43(22,45)36-1-6-12(40-42)10(32)18(38-6)30-4-26-8-14(30)24-3-25-16(8)34/h3-7,10-13,18-19,32-33H,1-2H2,(H,24,25,34)(H3,23,28,29,35)/t6-,7-,10?,11+,12+,13?,18-,19-,42?,43?/m1/s1. The minimum Gasteiger partial charge on any atom is -0.386 e. The molecule has 6 N–H and O–H groups in total. The van der Waals surface area contributed by atoms with Gasteiger partial charge >= 0.3 is 0 Å². The monoisotopic (exact) mass is 695 g/mol. The first-order valence-electron chi connectivity index (χ1n) is 13.0. The summed E-state index contributed by atoms with van der Waals surface area (Å²) in [5.74, 6) is -0.178. The third-order valence-electron chi connectivity index (χ3n) is 7.36. The fraction of sp³-hybridized carbons (Fsp3) is 0.500. The maximum Gasteiger partial charge on any atom is 0.280 e. The summed E-state index contributed by atoms with van der Waals surface area (Å²) in [5.41, 5.74) is 4.77. The van der Waals surface area contributed by atoms with E-state index in [2.05, 4.69) is 29.9 Å². The molecule has 4 aromatic heterocycles. The van der Waals surface area contributed by atoms with Crippen LogP contribution in [-0.4, -0.2) is 114 Å². The number of aromatic amines is 2. The van der Waals surface area contributed by atoms with E-state index in [4.69, 9.17) is 72.0 Å². The molecule has 0 saturated carbocycles. The zero-order valence-electron chi connectivity index (χ0n) is 22.6. The number of anilines is 1. The number of nitrogens with one attached hydrogen (secondary N) is 2. The second kappa shape index (κ2) is 11.4. The van der Waals surface area contributed by atoms with Crippen LogP contribution in [0.3, 0.4) is 0 Å². The van der Waals surface area contributed by atoms with Gasteiger partial charge in [-0.15, -0.1) is 0 Å². The largest absolute Gasteiger partial charge is 0.386 e. The second-order valence-corrected chi connectivity index (χ2v) is 16.4. The maximum atomic E-state index is 12.3. The molecule has 3 fully saturated rings. The summed E-state index contributed by atoms with van der Waals surface area (Å²) in [7, 11) is 12.6. The molecule has 4 unspecified atom stereocenters. The van der Waals surface area contributed by atoms with Gasteiger partial charge in [0.15, 0.2) is 49.9 Å². The van der Waals surface area contributed by atoms with Crippen LogP contribution in [0.5, 0.6) is 0 Å². The highest BCUT2D eigenvalue weighted by Crippen LogP contribution is 2.53.